The molecular formula is C32H26N2S. The van der Waals surface area contributed by atoms with E-state index in [-0.39, 0.29) is 0 Å². The van der Waals surface area contributed by atoms with Crippen LogP contribution in [-0.4, -0.2) is 5.11 Å². The van der Waals surface area contributed by atoms with Crippen LogP contribution in [0.15, 0.2) is 146 Å². The lowest BCUT2D eigenvalue weighted by atomic mass is 9.65. The van der Waals surface area contributed by atoms with Crippen LogP contribution in [0.2, 0.25) is 0 Å². The van der Waals surface area contributed by atoms with Crippen molar-refractivity contribution in [1.82, 2.24) is 0 Å². The number of nitrogens with one attached hydrogen (secondary N) is 2. The summed E-state index contributed by atoms with van der Waals surface area (Å²) < 4.78 is 0. The lowest BCUT2D eigenvalue weighted by Crippen LogP contribution is -2.31. The smallest absolute Gasteiger partial charge is 0.175 e. The summed E-state index contributed by atoms with van der Waals surface area (Å²) in [6, 6.07) is 50.7. The molecule has 0 saturated heterocycles. The average Bonchev–Trinajstić information content (AvgIpc) is 2.92. The number of rotatable bonds is 6. The van der Waals surface area contributed by atoms with Gasteiger partial charge in [0.05, 0.1) is 5.41 Å². The Hall–Kier alpha value is -4.21. The molecule has 0 fully saturated rings. The van der Waals surface area contributed by atoms with Gasteiger partial charge >= 0.3 is 0 Å². The minimum absolute atomic E-state index is 0.453. The predicted molar refractivity (Wildman–Crippen MR) is 151 cm³/mol. The maximum atomic E-state index is 5.53. The van der Waals surface area contributed by atoms with Crippen LogP contribution < -0.4 is 10.6 Å². The molecule has 2 N–H and O–H groups in total. The fourth-order valence-electron chi connectivity index (χ4n) is 4.68. The zero-order valence-electron chi connectivity index (χ0n) is 19.3. The second kappa shape index (κ2) is 10.4. The maximum Gasteiger partial charge on any atom is 0.175 e. The van der Waals surface area contributed by atoms with E-state index in [2.05, 4.69) is 126 Å². The van der Waals surface area contributed by atoms with Gasteiger partial charge in [-0.25, -0.2) is 0 Å². The highest BCUT2D eigenvalue weighted by atomic mass is 32.1. The summed E-state index contributed by atoms with van der Waals surface area (Å²) in [4.78, 5) is 0. The van der Waals surface area contributed by atoms with Crippen molar-refractivity contribution in [3.8, 4) is 0 Å². The first kappa shape index (κ1) is 22.6. The number of anilines is 2. The zero-order valence-corrected chi connectivity index (χ0v) is 20.1. The second-order valence-electron chi connectivity index (χ2n) is 8.37. The van der Waals surface area contributed by atoms with Crippen LogP contribution in [0.1, 0.15) is 22.3 Å². The van der Waals surface area contributed by atoms with E-state index >= 15 is 0 Å². The first-order chi connectivity index (χ1) is 17.3. The van der Waals surface area contributed by atoms with Gasteiger partial charge in [0.15, 0.2) is 5.11 Å². The molecule has 0 spiro atoms. The third-order valence-electron chi connectivity index (χ3n) is 6.23. The van der Waals surface area contributed by atoms with Gasteiger partial charge in [0.1, 0.15) is 0 Å². The molecule has 0 atom stereocenters. The molecule has 0 aliphatic heterocycles. The van der Waals surface area contributed by atoms with Crippen LogP contribution in [0.25, 0.3) is 0 Å². The number of para-hydroxylation sites is 1. The van der Waals surface area contributed by atoms with Gasteiger partial charge in [-0.2, -0.15) is 0 Å². The fraction of sp³-hybridized carbons (Fsp3) is 0.0312. The number of benzene rings is 5. The van der Waals surface area contributed by atoms with Crippen molar-refractivity contribution in [3.05, 3.63) is 168 Å². The highest BCUT2D eigenvalue weighted by Gasteiger charge is 2.38. The van der Waals surface area contributed by atoms with Crippen molar-refractivity contribution < 1.29 is 0 Å². The van der Waals surface area contributed by atoms with Crippen molar-refractivity contribution in [2.45, 2.75) is 5.41 Å². The Labute approximate surface area is 212 Å². The summed E-state index contributed by atoms with van der Waals surface area (Å²) in [6.45, 7) is 0. The quantitative estimate of drug-likeness (QED) is 0.195. The molecule has 3 heteroatoms. The Kier molecular flexibility index (Phi) is 6.69. The summed E-state index contributed by atoms with van der Waals surface area (Å²) >= 11 is 5.53. The number of thiocarbonyl (C=S) groups is 1. The van der Waals surface area contributed by atoms with Gasteiger partial charge < -0.3 is 10.6 Å². The molecule has 0 heterocycles. The van der Waals surface area contributed by atoms with Crippen LogP contribution in [0.3, 0.4) is 0 Å². The van der Waals surface area contributed by atoms with Crippen LogP contribution >= 0.6 is 12.2 Å². The molecule has 35 heavy (non-hydrogen) atoms. The molecule has 5 aromatic carbocycles. The highest BCUT2D eigenvalue weighted by molar-refractivity contribution is 7.80. The summed E-state index contributed by atoms with van der Waals surface area (Å²) in [6.07, 6.45) is 0. The number of hydrogen-bond acceptors (Lipinski definition) is 1. The van der Waals surface area contributed by atoms with E-state index in [0.29, 0.717) is 5.11 Å². The molecule has 2 nitrogen and oxygen atoms in total. The zero-order chi connectivity index (χ0) is 23.9. The minimum Gasteiger partial charge on any atom is -0.332 e. The van der Waals surface area contributed by atoms with Gasteiger partial charge in [0.2, 0.25) is 0 Å². The van der Waals surface area contributed by atoms with Crippen molar-refractivity contribution in [2.75, 3.05) is 10.6 Å². The number of hydrogen-bond donors (Lipinski definition) is 2. The SMILES string of the molecule is S=C(Nc1ccccc1)Nc1ccc(C(c2ccccc2)(c2ccccc2)c2ccccc2)cc1. The normalized spacial score (nSPS) is 11.0. The van der Waals surface area contributed by atoms with Crippen molar-refractivity contribution in [2.24, 2.45) is 0 Å². The molecule has 5 rings (SSSR count). The molecule has 170 valence electrons. The van der Waals surface area contributed by atoms with E-state index in [4.69, 9.17) is 12.2 Å². The average molecular weight is 471 g/mol. The van der Waals surface area contributed by atoms with E-state index < -0.39 is 5.41 Å². The third-order valence-corrected chi connectivity index (χ3v) is 6.43. The first-order valence-electron chi connectivity index (χ1n) is 11.7. The van der Waals surface area contributed by atoms with Crippen LogP contribution in [-0.2, 0) is 5.41 Å². The fourth-order valence-corrected chi connectivity index (χ4v) is 4.92. The van der Waals surface area contributed by atoms with Gasteiger partial charge in [0, 0.05) is 11.4 Å². The Balaban J connectivity index is 1.57. The summed E-state index contributed by atoms with van der Waals surface area (Å²) in [5.41, 5.74) is 6.29. The minimum atomic E-state index is -0.453. The van der Waals surface area contributed by atoms with Crippen LogP contribution in [0, 0.1) is 0 Å². The maximum absolute atomic E-state index is 5.53. The van der Waals surface area contributed by atoms with Crippen molar-refractivity contribution in [1.29, 1.82) is 0 Å². The largest absolute Gasteiger partial charge is 0.332 e. The van der Waals surface area contributed by atoms with Gasteiger partial charge in [-0.05, 0) is 58.7 Å². The van der Waals surface area contributed by atoms with Gasteiger partial charge in [-0.15, -0.1) is 0 Å². The molecule has 0 amide bonds. The van der Waals surface area contributed by atoms with E-state index in [9.17, 15) is 0 Å². The lowest BCUT2D eigenvalue weighted by Gasteiger charge is -2.37. The molecule has 0 aliphatic rings. The Morgan fingerprint density at radius 1 is 0.400 bits per heavy atom. The molecular weight excluding hydrogens is 444 g/mol. The van der Waals surface area contributed by atoms with E-state index in [1.54, 1.807) is 0 Å². The monoisotopic (exact) mass is 470 g/mol. The van der Waals surface area contributed by atoms with Gasteiger partial charge in [0.25, 0.3) is 0 Å². The molecule has 0 aromatic heterocycles. The van der Waals surface area contributed by atoms with Crippen molar-refractivity contribution >= 4 is 28.7 Å². The van der Waals surface area contributed by atoms with E-state index in [1.165, 1.54) is 22.3 Å². The van der Waals surface area contributed by atoms with E-state index in [1.807, 2.05) is 30.3 Å². The second-order valence-corrected chi connectivity index (χ2v) is 8.78. The Morgan fingerprint density at radius 3 is 1.11 bits per heavy atom. The van der Waals surface area contributed by atoms with Gasteiger partial charge in [-0.1, -0.05) is 121 Å². The molecule has 0 saturated carbocycles. The molecule has 0 radical (unpaired) electrons. The molecule has 5 aromatic rings. The summed E-state index contributed by atoms with van der Waals surface area (Å²) in [5.74, 6) is 0. The van der Waals surface area contributed by atoms with Crippen LogP contribution in [0.5, 0.6) is 0 Å². The molecule has 0 bridgehead atoms. The molecule has 0 unspecified atom stereocenters. The lowest BCUT2D eigenvalue weighted by molar-refractivity contribution is 0.745. The molecule has 0 aliphatic carbocycles. The highest BCUT2D eigenvalue weighted by Crippen LogP contribution is 2.45. The Bertz CT molecular complexity index is 1270. The third kappa shape index (κ3) is 4.72. The topological polar surface area (TPSA) is 24.1 Å². The summed E-state index contributed by atoms with van der Waals surface area (Å²) in [7, 11) is 0. The predicted octanol–water partition coefficient (Wildman–Crippen LogP) is 7.88. The van der Waals surface area contributed by atoms with E-state index in [0.717, 1.165) is 11.4 Å². The summed E-state index contributed by atoms with van der Waals surface area (Å²) in [5, 5.41) is 7.10. The Morgan fingerprint density at radius 2 is 0.714 bits per heavy atom. The first-order valence-corrected chi connectivity index (χ1v) is 12.1. The van der Waals surface area contributed by atoms with Crippen molar-refractivity contribution in [3.63, 3.8) is 0 Å². The standard InChI is InChI=1S/C32H26N2S/c35-31(33-29-19-11-4-12-20-29)34-30-23-21-28(22-24-30)32(25-13-5-1-6-14-25,26-15-7-2-8-16-26)27-17-9-3-10-18-27/h1-24H,(H2,33,34,35). The van der Waals surface area contributed by atoms with Crippen LogP contribution in [0.4, 0.5) is 11.4 Å². The van der Waals surface area contributed by atoms with Gasteiger partial charge in [-0.3, -0.25) is 0 Å².